The van der Waals surface area contributed by atoms with E-state index in [9.17, 15) is 4.79 Å². The minimum Gasteiger partial charge on any atom is -0.373 e. The van der Waals surface area contributed by atoms with Gasteiger partial charge in [-0.1, -0.05) is 44.7 Å². The van der Waals surface area contributed by atoms with Gasteiger partial charge in [0.1, 0.15) is 0 Å². The number of nitrogens with zero attached hydrogens (tertiary/aromatic N) is 2. The zero-order chi connectivity index (χ0) is 16.5. The van der Waals surface area contributed by atoms with Crippen molar-refractivity contribution in [3.63, 3.8) is 0 Å². The van der Waals surface area contributed by atoms with Gasteiger partial charge in [-0.2, -0.15) is 4.98 Å². The van der Waals surface area contributed by atoms with Crippen LogP contribution in [-0.4, -0.2) is 23.2 Å². The van der Waals surface area contributed by atoms with Crippen LogP contribution in [0.5, 0.6) is 0 Å². The molecule has 1 aromatic heterocycles. The van der Waals surface area contributed by atoms with Gasteiger partial charge in [0.25, 0.3) is 5.56 Å². The van der Waals surface area contributed by atoms with Crippen LogP contribution in [0, 0.1) is 0 Å². The van der Waals surface area contributed by atoms with E-state index in [4.69, 9.17) is 4.74 Å². The highest BCUT2D eigenvalue weighted by Crippen LogP contribution is 2.28. The van der Waals surface area contributed by atoms with Gasteiger partial charge in [0.2, 0.25) is 5.95 Å². The molecule has 0 fully saturated rings. The summed E-state index contributed by atoms with van der Waals surface area (Å²) in [5.74, 6) is 0.550. The first-order chi connectivity index (χ1) is 10.7. The average Bonchev–Trinajstić information content (AvgIpc) is 2.56. The van der Waals surface area contributed by atoms with E-state index in [2.05, 4.69) is 16.9 Å². The smallest absolute Gasteiger partial charge is 0.274 e. The van der Waals surface area contributed by atoms with Crippen LogP contribution in [0.4, 0.5) is 5.95 Å². The molecule has 1 aliphatic heterocycles. The zero-order valence-electron chi connectivity index (χ0n) is 13.8. The normalized spacial score (nSPS) is 17.5. The zero-order valence-corrected chi connectivity index (χ0v) is 13.8. The fourth-order valence-corrected chi connectivity index (χ4v) is 2.29. The fourth-order valence-electron chi connectivity index (χ4n) is 2.29. The summed E-state index contributed by atoms with van der Waals surface area (Å²) in [7, 11) is 1.75. The Kier molecular flexibility index (Phi) is 7.32. The number of rotatable bonds is 4. The van der Waals surface area contributed by atoms with E-state index in [0.717, 1.165) is 11.3 Å². The lowest BCUT2D eigenvalue weighted by Gasteiger charge is -2.31. The van der Waals surface area contributed by atoms with Crippen LogP contribution in [0.15, 0.2) is 47.3 Å². The van der Waals surface area contributed by atoms with Gasteiger partial charge in [0, 0.05) is 13.1 Å². The molecule has 0 spiro atoms. The van der Waals surface area contributed by atoms with E-state index in [1.165, 1.54) is 6.07 Å². The second-order valence-corrected chi connectivity index (χ2v) is 4.46. The molecule has 120 valence electrons. The molecule has 22 heavy (non-hydrogen) atoms. The quantitative estimate of drug-likeness (QED) is 0.869. The van der Waals surface area contributed by atoms with E-state index < -0.39 is 0 Å². The van der Waals surface area contributed by atoms with Crippen molar-refractivity contribution in [3.05, 3.63) is 58.6 Å². The Morgan fingerprint density at radius 2 is 2.27 bits per heavy atom. The third kappa shape index (κ3) is 3.95. The maximum atomic E-state index is 11.6. The van der Waals surface area contributed by atoms with Gasteiger partial charge in [-0.3, -0.25) is 4.79 Å². The number of hydrogen-bond acceptors (Lipinski definition) is 4. The number of hydrogen-bond donors (Lipinski definition) is 1. The van der Waals surface area contributed by atoms with E-state index in [0.29, 0.717) is 19.2 Å². The topological polar surface area (TPSA) is 56.1 Å². The van der Waals surface area contributed by atoms with Gasteiger partial charge < -0.3 is 14.6 Å². The molecule has 5 heteroatoms. The molecule has 1 unspecified atom stereocenters. The van der Waals surface area contributed by atoms with Crippen LogP contribution in [0.1, 0.15) is 32.5 Å². The molecule has 0 saturated carbocycles. The molecule has 0 aromatic carbocycles. The second-order valence-electron chi connectivity index (χ2n) is 4.46. The van der Waals surface area contributed by atoms with Crippen molar-refractivity contribution in [2.45, 2.75) is 33.4 Å². The summed E-state index contributed by atoms with van der Waals surface area (Å²) in [6, 6.07) is 1.48. The minimum atomic E-state index is -0.262. The largest absolute Gasteiger partial charge is 0.373 e. The third-order valence-electron chi connectivity index (χ3n) is 3.21. The molecule has 0 bridgehead atoms. The van der Waals surface area contributed by atoms with Crippen molar-refractivity contribution in [1.29, 1.82) is 0 Å². The summed E-state index contributed by atoms with van der Waals surface area (Å²) in [6.07, 6.45) is 7.71. The van der Waals surface area contributed by atoms with Gasteiger partial charge in [-0.05, 0) is 12.5 Å². The molecule has 2 heterocycles. The molecule has 0 radical (unpaired) electrons. The molecule has 0 aliphatic carbocycles. The lowest BCUT2D eigenvalue weighted by molar-refractivity contribution is 0.0683. The van der Waals surface area contributed by atoms with Crippen molar-refractivity contribution in [2.75, 3.05) is 19.0 Å². The lowest BCUT2D eigenvalue weighted by atomic mass is 10.1. The first-order valence-electron chi connectivity index (χ1n) is 7.54. The van der Waals surface area contributed by atoms with Crippen LogP contribution in [0.2, 0.25) is 0 Å². The summed E-state index contributed by atoms with van der Waals surface area (Å²) in [4.78, 5) is 15.6. The van der Waals surface area contributed by atoms with E-state index in [1.807, 2.05) is 43.6 Å². The van der Waals surface area contributed by atoms with Crippen molar-refractivity contribution in [1.82, 2.24) is 9.55 Å². The van der Waals surface area contributed by atoms with Crippen LogP contribution in [0.3, 0.4) is 0 Å². The Balaban J connectivity index is 0.00000116. The number of anilines is 1. The Bertz CT molecular complexity index is 595. The molecule has 1 atom stereocenters. The van der Waals surface area contributed by atoms with E-state index >= 15 is 0 Å². The maximum Gasteiger partial charge on any atom is 0.274 e. The molecule has 2 rings (SSSR count). The highest BCUT2D eigenvalue weighted by atomic mass is 16.5. The predicted molar refractivity (Wildman–Crippen MR) is 91.2 cm³/mol. The number of ether oxygens (including phenoxy) is 1. The molecule has 1 aliphatic rings. The summed E-state index contributed by atoms with van der Waals surface area (Å²) in [5.41, 5.74) is 1.58. The molecule has 0 amide bonds. The van der Waals surface area contributed by atoms with Crippen molar-refractivity contribution < 1.29 is 4.74 Å². The van der Waals surface area contributed by atoms with Crippen molar-refractivity contribution in [3.8, 4) is 0 Å². The molecular formula is C17H25N3O2. The summed E-state index contributed by atoms with van der Waals surface area (Å²) in [6.45, 7) is 10.8. The Hall–Kier alpha value is -2.14. The van der Waals surface area contributed by atoms with Gasteiger partial charge >= 0.3 is 0 Å². The fraction of sp³-hybridized carbons (Fsp3) is 0.412. The first-order valence-corrected chi connectivity index (χ1v) is 7.54. The molecule has 0 saturated heterocycles. The SMILES string of the molecule is C=C/C(=C\C=C/C)C1COCc2cc(=O)nc(NC)n21.CC. The second kappa shape index (κ2) is 9.00. The highest BCUT2D eigenvalue weighted by Gasteiger charge is 2.24. The number of allylic oxidation sites excluding steroid dienone is 4. The van der Waals surface area contributed by atoms with Gasteiger partial charge in [-0.25, -0.2) is 0 Å². The van der Waals surface area contributed by atoms with E-state index in [-0.39, 0.29) is 11.6 Å². The van der Waals surface area contributed by atoms with Crippen LogP contribution in [0.25, 0.3) is 0 Å². The Morgan fingerprint density at radius 1 is 1.55 bits per heavy atom. The minimum absolute atomic E-state index is 0.0389. The first kappa shape index (κ1) is 17.9. The molecular weight excluding hydrogens is 278 g/mol. The lowest BCUT2D eigenvalue weighted by Crippen LogP contribution is -2.31. The van der Waals surface area contributed by atoms with Gasteiger partial charge in [0.05, 0.1) is 24.9 Å². The third-order valence-corrected chi connectivity index (χ3v) is 3.21. The standard InChI is InChI=1S/C15H19N3O2.C2H6/c1-4-6-7-11(5-2)13-10-20-9-12-8-14(19)17-15(16-3)18(12)13;1-2/h4-8,13H,2,9-10H2,1,3H3,(H,16,17,19);1-2H3/b6-4-,11-7+;. The van der Waals surface area contributed by atoms with E-state index in [1.54, 1.807) is 13.1 Å². The monoisotopic (exact) mass is 303 g/mol. The summed E-state index contributed by atoms with van der Waals surface area (Å²) < 4.78 is 7.60. The summed E-state index contributed by atoms with van der Waals surface area (Å²) in [5, 5.41) is 2.98. The van der Waals surface area contributed by atoms with Crippen molar-refractivity contribution in [2.24, 2.45) is 0 Å². The molecule has 1 N–H and O–H groups in total. The Labute approximate surface area is 132 Å². The van der Waals surface area contributed by atoms with Crippen molar-refractivity contribution >= 4 is 5.95 Å². The predicted octanol–water partition coefficient (Wildman–Crippen LogP) is 3.07. The molecule has 1 aromatic rings. The van der Waals surface area contributed by atoms with Crippen LogP contribution < -0.4 is 10.9 Å². The summed E-state index contributed by atoms with van der Waals surface area (Å²) >= 11 is 0. The number of nitrogens with one attached hydrogen (secondary N) is 1. The van der Waals surface area contributed by atoms with Crippen LogP contribution >= 0.6 is 0 Å². The Morgan fingerprint density at radius 3 is 2.86 bits per heavy atom. The average molecular weight is 303 g/mol. The van der Waals surface area contributed by atoms with Gasteiger partial charge in [-0.15, -0.1) is 0 Å². The number of aromatic nitrogens is 2. The highest BCUT2D eigenvalue weighted by molar-refractivity contribution is 5.35. The maximum absolute atomic E-state index is 11.6. The van der Waals surface area contributed by atoms with Gasteiger partial charge in [0.15, 0.2) is 0 Å². The van der Waals surface area contributed by atoms with Crippen LogP contribution in [-0.2, 0) is 11.3 Å². The molecule has 5 nitrogen and oxygen atoms in total. The number of fused-ring (bicyclic) bond motifs is 1.